The molecule has 0 bridgehead atoms. The maximum absolute atomic E-state index is 13.3. The van der Waals surface area contributed by atoms with Gasteiger partial charge in [-0.3, -0.25) is 5.32 Å². The molecule has 0 aliphatic carbocycles. The standard InChI is InChI=1S/C15H9BrClF3N4O2/c1-26-14(25)23-9-3-2-6-7(4-21-12(6)10(9)16)11-8(15(18,19)20)5-22-13(17)24-11/h2-5,21H,1H3,(H,23,25). The summed E-state index contributed by atoms with van der Waals surface area (Å²) in [4.78, 5) is 21.4. The largest absolute Gasteiger partial charge is 0.453 e. The Morgan fingerprint density at radius 2 is 2.12 bits per heavy atom. The zero-order valence-corrected chi connectivity index (χ0v) is 15.3. The van der Waals surface area contributed by atoms with E-state index in [0.717, 1.165) is 0 Å². The molecule has 2 aromatic heterocycles. The van der Waals surface area contributed by atoms with E-state index in [0.29, 0.717) is 27.3 Å². The maximum atomic E-state index is 13.3. The van der Waals surface area contributed by atoms with Gasteiger partial charge in [0.15, 0.2) is 0 Å². The number of hydrogen-bond acceptors (Lipinski definition) is 4. The van der Waals surface area contributed by atoms with Crippen molar-refractivity contribution in [2.75, 3.05) is 12.4 Å². The van der Waals surface area contributed by atoms with Crippen LogP contribution in [0.4, 0.5) is 23.7 Å². The summed E-state index contributed by atoms with van der Waals surface area (Å²) in [5.41, 5.74) is -0.298. The van der Waals surface area contributed by atoms with Gasteiger partial charge in [-0.1, -0.05) is 6.07 Å². The molecule has 0 saturated carbocycles. The number of H-pyrrole nitrogens is 1. The predicted octanol–water partition coefficient (Wildman–Crippen LogP) is 5.24. The van der Waals surface area contributed by atoms with Crippen LogP contribution in [0.5, 0.6) is 0 Å². The maximum Gasteiger partial charge on any atom is 0.419 e. The summed E-state index contributed by atoms with van der Waals surface area (Å²) in [6.45, 7) is 0. The third-order valence-electron chi connectivity index (χ3n) is 3.53. The van der Waals surface area contributed by atoms with Gasteiger partial charge >= 0.3 is 12.3 Å². The van der Waals surface area contributed by atoms with Crippen molar-refractivity contribution < 1.29 is 22.7 Å². The van der Waals surface area contributed by atoms with Crippen LogP contribution in [0.3, 0.4) is 0 Å². The Morgan fingerprint density at radius 1 is 1.38 bits per heavy atom. The van der Waals surface area contributed by atoms with Gasteiger partial charge < -0.3 is 9.72 Å². The Labute approximate surface area is 157 Å². The second kappa shape index (κ2) is 6.76. The van der Waals surface area contributed by atoms with Gasteiger partial charge in [0.25, 0.3) is 0 Å². The van der Waals surface area contributed by atoms with Crippen molar-refractivity contribution in [2.45, 2.75) is 6.18 Å². The third-order valence-corrected chi connectivity index (χ3v) is 4.54. The zero-order chi connectivity index (χ0) is 19.1. The van der Waals surface area contributed by atoms with E-state index < -0.39 is 17.8 Å². The normalized spacial score (nSPS) is 11.6. The first-order chi connectivity index (χ1) is 12.2. The molecule has 0 unspecified atom stereocenters. The molecular formula is C15H9BrClF3N4O2. The van der Waals surface area contributed by atoms with E-state index in [1.165, 1.54) is 19.4 Å². The number of carbonyl (C=O) groups excluding carboxylic acids is 1. The average Bonchev–Trinajstić information content (AvgIpc) is 3.00. The van der Waals surface area contributed by atoms with Gasteiger partial charge in [0.2, 0.25) is 5.28 Å². The molecular weight excluding hydrogens is 441 g/mol. The molecule has 11 heteroatoms. The lowest BCUT2D eigenvalue weighted by Crippen LogP contribution is -2.11. The van der Waals surface area contributed by atoms with E-state index >= 15 is 0 Å². The summed E-state index contributed by atoms with van der Waals surface area (Å²) < 4.78 is 44.9. The molecule has 0 radical (unpaired) electrons. The molecule has 6 nitrogen and oxygen atoms in total. The molecule has 2 N–H and O–H groups in total. The highest BCUT2D eigenvalue weighted by Gasteiger charge is 2.36. The Hall–Kier alpha value is -2.33. The SMILES string of the molecule is COC(=O)Nc1ccc2c(-c3nc(Cl)ncc3C(F)(F)F)c[nH]c2c1Br. The van der Waals surface area contributed by atoms with Crippen LogP contribution in [0, 0.1) is 0 Å². The second-order valence-electron chi connectivity index (χ2n) is 5.07. The number of hydrogen-bond donors (Lipinski definition) is 2. The Bertz CT molecular complexity index is 1010. The molecule has 0 atom stereocenters. The van der Waals surface area contributed by atoms with E-state index in [4.69, 9.17) is 11.6 Å². The van der Waals surface area contributed by atoms with Crippen molar-refractivity contribution in [3.63, 3.8) is 0 Å². The number of aromatic nitrogens is 3. The van der Waals surface area contributed by atoms with Gasteiger partial charge in [0.1, 0.15) is 5.56 Å². The smallest absolute Gasteiger partial charge is 0.419 e. The minimum Gasteiger partial charge on any atom is -0.453 e. The van der Waals surface area contributed by atoms with Crippen LogP contribution in [0.1, 0.15) is 5.56 Å². The van der Waals surface area contributed by atoms with Gasteiger partial charge in [0.05, 0.1) is 28.5 Å². The number of aromatic amines is 1. The fourth-order valence-corrected chi connectivity index (χ4v) is 3.08. The van der Waals surface area contributed by atoms with Gasteiger partial charge in [-0.25, -0.2) is 14.8 Å². The molecule has 3 rings (SSSR count). The first-order valence-corrected chi connectivity index (χ1v) is 8.14. The van der Waals surface area contributed by atoms with Crippen LogP contribution in [0.15, 0.2) is 29.0 Å². The first-order valence-electron chi connectivity index (χ1n) is 6.97. The topological polar surface area (TPSA) is 79.9 Å². The molecule has 26 heavy (non-hydrogen) atoms. The van der Waals surface area contributed by atoms with Crippen molar-refractivity contribution in [1.29, 1.82) is 0 Å². The fraction of sp³-hybridized carbons (Fsp3) is 0.133. The summed E-state index contributed by atoms with van der Waals surface area (Å²) >= 11 is 9.01. The summed E-state index contributed by atoms with van der Waals surface area (Å²) in [6.07, 6.45) is -3.30. The van der Waals surface area contributed by atoms with E-state index in [9.17, 15) is 18.0 Å². The number of benzene rings is 1. The van der Waals surface area contributed by atoms with E-state index in [1.54, 1.807) is 6.07 Å². The van der Waals surface area contributed by atoms with Crippen molar-refractivity contribution in [2.24, 2.45) is 0 Å². The van der Waals surface area contributed by atoms with Crippen LogP contribution in [-0.4, -0.2) is 28.2 Å². The molecule has 2 heterocycles. The summed E-state index contributed by atoms with van der Waals surface area (Å²) in [6, 6.07) is 3.07. The van der Waals surface area contributed by atoms with Crippen molar-refractivity contribution in [1.82, 2.24) is 15.0 Å². The minimum absolute atomic E-state index is 0.196. The van der Waals surface area contributed by atoms with Gasteiger partial charge in [-0.05, 0) is 33.6 Å². The number of ether oxygens (including phenoxy) is 1. The fourth-order valence-electron chi connectivity index (χ4n) is 2.39. The molecule has 0 spiro atoms. The first kappa shape index (κ1) is 18.5. The lowest BCUT2D eigenvalue weighted by atomic mass is 10.1. The molecule has 0 aliphatic rings. The monoisotopic (exact) mass is 448 g/mol. The highest BCUT2D eigenvalue weighted by atomic mass is 79.9. The summed E-state index contributed by atoms with van der Waals surface area (Å²) in [5.74, 6) is 0. The number of fused-ring (bicyclic) bond motifs is 1. The van der Waals surface area contributed by atoms with Crippen molar-refractivity contribution in [3.8, 4) is 11.3 Å². The highest BCUT2D eigenvalue weighted by molar-refractivity contribution is 9.10. The Morgan fingerprint density at radius 3 is 2.77 bits per heavy atom. The molecule has 1 aromatic carbocycles. The Balaban J connectivity index is 2.18. The number of anilines is 1. The zero-order valence-electron chi connectivity index (χ0n) is 12.9. The molecule has 136 valence electrons. The van der Waals surface area contributed by atoms with Crippen LogP contribution in [0.2, 0.25) is 5.28 Å². The quantitative estimate of drug-likeness (QED) is 0.525. The van der Waals surface area contributed by atoms with Crippen LogP contribution < -0.4 is 5.32 Å². The van der Waals surface area contributed by atoms with Crippen LogP contribution in [-0.2, 0) is 10.9 Å². The number of amides is 1. The number of carbonyl (C=O) groups is 1. The highest BCUT2D eigenvalue weighted by Crippen LogP contribution is 2.41. The molecule has 3 aromatic rings. The van der Waals surface area contributed by atoms with Gasteiger partial charge in [-0.15, -0.1) is 0 Å². The Kier molecular flexibility index (Phi) is 4.80. The van der Waals surface area contributed by atoms with Gasteiger partial charge in [-0.2, -0.15) is 13.2 Å². The van der Waals surface area contributed by atoms with E-state index in [1.807, 2.05) is 0 Å². The van der Waals surface area contributed by atoms with E-state index in [2.05, 4.69) is 40.9 Å². The minimum atomic E-state index is -4.65. The number of methoxy groups -OCH3 is 1. The summed E-state index contributed by atoms with van der Waals surface area (Å²) in [5, 5.41) is 2.64. The van der Waals surface area contributed by atoms with Crippen molar-refractivity contribution >= 4 is 50.2 Å². The average molecular weight is 450 g/mol. The summed E-state index contributed by atoms with van der Waals surface area (Å²) in [7, 11) is 1.21. The molecule has 1 amide bonds. The second-order valence-corrected chi connectivity index (χ2v) is 6.20. The van der Waals surface area contributed by atoms with E-state index in [-0.39, 0.29) is 16.5 Å². The molecule has 0 fully saturated rings. The lowest BCUT2D eigenvalue weighted by Gasteiger charge is -2.11. The number of nitrogens with one attached hydrogen (secondary N) is 2. The number of halogens is 5. The number of rotatable bonds is 2. The van der Waals surface area contributed by atoms with Crippen LogP contribution in [0.25, 0.3) is 22.2 Å². The van der Waals surface area contributed by atoms with Gasteiger partial charge in [0, 0.05) is 23.3 Å². The third kappa shape index (κ3) is 3.34. The van der Waals surface area contributed by atoms with Crippen LogP contribution >= 0.6 is 27.5 Å². The number of alkyl halides is 3. The lowest BCUT2D eigenvalue weighted by molar-refractivity contribution is -0.137. The molecule has 0 aliphatic heterocycles. The number of nitrogens with zero attached hydrogens (tertiary/aromatic N) is 2. The van der Waals surface area contributed by atoms with Crippen molar-refractivity contribution in [3.05, 3.63) is 39.8 Å². The predicted molar refractivity (Wildman–Crippen MR) is 93.1 cm³/mol. The molecule has 0 saturated heterocycles.